The Labute approximate surface area is 193 Å². The van der Waals surface area contributed by atoms with Crippen LogP contribution in [0, 0.1) is 29.1 Å². The van der Waals surface area contributed by atoms with Crippen LogP contribution in [0.1, 0.15) is 98.3 Å². The van der Waals surface area contributed by atoms with E-state index in [0.29, 0.717) is 5.41 Å². The minimum absolute atomic E-state index is 0. The second kappa shape index (κ2) is 10.9. The molecular formula is C27H44OZn. The molecule has 0 spiro atoms. The fourth-order valence-corrected chi connectivity index (χ4v) is 6.66. The molecular weight excluding hydrogens is 406 g/mol. The van der Waals surface area contributed by atoms with Gasteiger partial charge in [-0.3, -0.25) is 0 Å². The maximum absolute atomic E-state index is 10.0. The van der Waals surface area contributed by atoms with Crippen LogP contribution in [-0.4, -0.2) is 11.2 Å². The fraction of sp³-hybridized carbons (Fsp3) is 0.778. The van der Waals surface area contributed by atoms with Crippen LogP contribution >= 0.6 is 0 Å². The van der Waals surface area contributed by atoms with Gasteiger partial charge < -0.3 is 5.11 Å². The van der Waals surface area contributed by atoms with E-state index in [2.05, 4.69) is 46.4 Å². The van der Waals surface area contributed by atoms with Crippen molar-refractivity contribution < 1.29 is 24.6 Å². The molecule has 2 heteroatoms. The van der Waals surface area contributed by atoms with Gasteiger partial charge in [-0.2, -0.15) is 0 Å². The van der Waals surface area contributed by atoms with Crippen molar-refractivity contribution in [3.05, 3.63) is 35.5 Å². The first-order valence-corrected chi connectivity index (χ1v) is 12.1. The third-order valence-electron chi connectivity index (χ3n) is 8.35. The largest absolute Gasteiger partial charge is 0.393 e. The third-order valence-corrected chi connectivity index (χ3v) is 8.35. The van der Waals surface area contributed by atoms with E-state index in [1.54, 1.807) is 5.57 Å². The summed E-state index contributed by atoms with van der Waals surface area (Å²) in [5, 5.41) is 10.0. The van der Waals surface area contributed by atoms with E-state index < -0.39 is 0 Å². The smallest absolute Gasteiger partial charge is 0.0583 e. The predicted octanol–water partition coefficient (Wildman–Crippen LogP) is 7.62. The summed E-state index contributed by atoms with van der Waals surface area (Å²) in [5.74, 6) is 3.37. The molecule has 0 saturated heterocycles. The van der Waals surface area contributed by atoms with Gasteiger partial charge in [0.2, 0.25) is 0 Å². The number of rotatable bonds is 6. The zero-order chi connectivity index (χ0) is 20.3. The van der Waals surface area contributed by atoms with E-state index in [-0.39, 0.29) is 25.6 Å². The van der Waals surface area contributed by atoms with Crippen molar-refractivity contribution >= 4 is 0 Å². The van der Waals surface area contributed by atoms with Crippen LogP contribution in [0.5, 0.6) is 0 Å². The minimum atomic E-state index is -0.172. The first-order chi connectivity index (χ1) is 13.3. The van der Waals surface area contributed by atoms with Crippen LogP contribution in [0.25, 0.3) is 0 Å². The molecule has 0 aromatic heterocycles. The number of aliphatic hydroxyl groups is 1. The molecule has 3 aliphatic rings. The molecule has 3 rings (SSSR count). The number of hydrogen-bond acceptors (Lipinski definition) is 1. The Bertz CT molecular complexity index is 616. The molecule has 1 N–H and O–H groups in total. The van der Waals surface area contributed by atoms with E-state index in [4.69, 9.17) is 0 Å². The Morgan fingerprint density at radius 3 is 2.59 bits per heavy atom. The molecule has 29 heavy (non-hydrogen) atoms. The molecule has 3 aliphatic carbocycles. The van der Waals surface area contributed by atoms with Gasteiger partial charge in [0, 0.05) is 19.5 Å². The average Bonchev–Trinajstić information content (AvgIpc) is 2.99. The Morgan fingerprint density at radius 1 is 1.10 bits per heavy atom. The molecule has 5 atom stereocenters. The van der Waals surface area contributed by atoms with Gasteiger partial charge in [-0.15, -0.1) is 0 Å². The molecule has 3 fully saturated rings. The summed E-state index contributed by atoms with van der Waals surface area (Å²) in [4.78, 5) is 0. The first kappa shape index (κ1) is 25.1. The second-order valence-corrected chi connectivity index (χ2v) is 10.8. The topological polar surface area (TPSA) is 20.2 Å². The van der Waals surface area contributed by atoms with Gasteiger partial charge in [0.1, 0.15) is 0 Å². The predicted molar refractivity (Wildman–Crippen MR) is 121 cm³/mol. The van der Waals surface area contributed by atoms with E-state index in [0.717, 1.165) is 42.9 Å². The molecule has 3 saturated carbocycles. The molecule has 0 heterocycles. The molecule has 1 nitrogen and oxygen atoms in total. The Morgan fingerprint density at radius 2 is 1.86 bits per heavy atom. The zero-order valence-electron chi connectivity index (χ0n) is 19.7. The van der Waals surface area contributed by atoms with Crippen LogP contribution < -0.4 is 0 Å². The molecule has 160 valence electrons. The number of allylic oxidation sites excluding steroid dienone is 4. The maximum atomic E-state index is 10.0. The Kier molecular flexibility index (Phi) is 9.42. The van der Waals surface area contributed by atoms with Crippen molar-refractivity contribution in [1.29, 1.82) is 0 Å². The van der Waals surface area contributed by atoms with Gasteiger partial charge in [-0.25, -0.2) is 0 Å². The van der Waals surface area contributed by atoms with Crippen LogP contribution in [0.2, 0.25) is 0 Å². The average molecular weight is 450 g/mol. The van der Waals surface area contributed by atoms with E-state index in [1.165, 1.54) is 62.5 Å². The number of hydrogen-bond donors (Lipinski definition) is 1. The minimum Gasteiger partial charge on any atom is -0.393 e. The summed E-state index contributed by atoms with van der Waals surface area (Å²) < 4.78 is 0. The Balaban J connectivity index is 0.00000300. The summed E-state index contributed by atoms with van der Waals surface area (Å²) in [5.41, 5.74) is 4.72. The first-order valence-electron chi connectivity index (χ1n) is 12.1. The van der Waals surface area contributed by atoms with Crippen LogP contribution in [-0.2, 0) is 19.5 Å². The molecule has 0 aromatic rings. The zero-order valence-corrected chi connectivity index (χ0v) is 22.6. The SMILES string of the molecule is C=C1CC[C@H](O)C/C1=C\C=C1/CCC[C@]2(C)[C@@H](C(C)CCCC(C)C)CC[C@@H]12.[Zn]. The van der Waals surface area contributed by atoms with Crippen LogP contribution in [0.15, 0.2) is 35.5 Å². The van der Waals surface area contributed by atoms with Crippen molar-refractivity contribution in [2.45, 2.75) is 104 Å². The van der Waals surface area contributed by atoms with Crippen molar-refractivity contribution in [3.8, 4) is 0 Å². The third kappa shape index (κ3) is 5.94. The molecule has 1 unspecified atom stereocenters. The molecule has 0 aromatic carbocycles. The summed E-state index contributed by atoms with van der Waals surface area (Å²) in [7, 11) is 0. The molecule has 0 radical (unpaired) electrons. The molecule has 0 bridgehead atoms. The van der Waals surface area contributed by atoms with Crippen LogP contribution in [0.3, 0.4) is 0 Å². The summed E-state index contributed by atoms with van der Waals surface area (Å²) in [6, 6.07) is 0. The Hall–Kier alpha value is -0.197. The van der Waals surface area contributed by atoms with Crippen molar-refractivity contribution in [3.63, 3.8) is 0 Å². The van der Waals surface area contributed by atoms with Crippen molar-refractivity contribution in [2.24, 2.45) is 29.1 Å². The standard InChI is InChI=1S/C27H44O.Zn/c1-19(2)8-6-9-21(4)25-15-16-26-22(10-7-17-27(25,26)5)12-13-23-18-24(28)14-11-20(23)3;/h12-13,19,21,24-26,28H,3,6-11,14-18H2,1-2,4-5H3;/b22-12+,23-13+;/t21?,24-,25+,26-,27+;/m0./s1. The molecule has 0 amide bonds. The van der Waals surface area contributed by atoms with E-state index >= 15 is 0 Å². The van der Waals surface area contributed by atoms with Gasteiger partial charge in [-0.05, 0) is 86.0 Å². The number of aliphatic hydroxyl groups excluding tert-OH is 1. The van der Waals surface area contributed by atoms with E-state index in [9.17, 15) is 5.11 Å². The van der Waals surface area contributed by atoms with Gasteiger partial charge in [0.25, 0.3) is 0 Å². The van der Waals surface area contributed by atoms with Gasteiger partial charge in [0.15, 0.2) is 0 Å². The maximum Gasteiger partial charge on any atom is 0.0583 e. The van der Waals surface area contributed by atoms with Crippen molar-refractivity contribution in [2.75, 3.05) is 0 Å². The summed E-state index contributed by atoms with van der Waals surface area (Å²) >= 11 is 0. The monoisotopic (exact) mass is 448 g/mol. The number of fused-ring (bicyclic) bond motifs is 1. The summed E-state index contributed by atoms with van der Waals surface area (Å²) in [6.45, 7) is 14.1. The van der Waals surface area contributed by atoms with Gasteiger partial charge in [0.05, 0.1) is 6.10 Å². The van der Waals surface area contributed by atoms with Gasteiger partial charge >= 0.3 is 0 Å². The summed E-state index contributed by atoms with van der Waals surface area (Å²) in [6.07, 6.45) is 18.2. The van der Waals surface area contributed by atoms with Crippen molar-refractivity contribution in [1.82, 2.24) is 0 Å². The molecule has 0 aliphatic heterocycles. The normalized spacial score (nSPS) is 36.3. The fourth-order valence-electron chi connectivity index (χ4n) is 6.66. The van der Waals surface area contributed by atoms with E-state index in [1.807, 2.05) is 0 Å². The van der Waals surface area contributed by atoms with Gasteiger partial charge in [-0.1, -0.05) is 76.8 Å². The second-order valence-electron chi connectivity index (χ2n) is 10.8. The van der Waals surface area contributed by atoms with Crippen LogP contribution in [0.4, 0.5) is 0 Å². The quantitative estimate of drug-likeness (QED) is 0.413.